The summed E-state index contributed by atoms with van der Waals surface area (Å²) in [4.78, 5) is 15.0. The van der Waals surface area contributed by atoms with Gasteiger partial charge in [-0.2, -0.15) is 0 Å². The van der Waals surface area contributed by atoms with Crippen LogP contribution in [0.2, 0.25) is 0 Å². The summed E-state index contributed by atoms with van der Waals surface area (Å²) in [7, 11) is 2.16. The highest BCUT2D eigenvalue weighted by atomic mass is 16.5. The minimum atomic E-state index is -0.137. The number of para-hydroxylation sites is 1. The number of carbonyl (C=O) groups is 1. The Morgan fingerprint density at radius 3 is 2.88 bits per heavy atom. The van der Waals surface area contributed by atoms with Crippen molar-refractivity contribution in [1.29, 1.82) is 0 Å². The summed E-state index contributed by atoms with van der Waals surface area (Å²) in [6.45, 7) is 3.04. The summed E-state index contributed by atoms with van der Waals surface area (Å²) >= 11 is 0. The first-order valence-electron chi connectivity index (χ1n) is 9.15. The number of ether oxygens (including phenoxy) is 1. The molecule has 1 amide bonds. The lowest BCUT2D eigenvalue weighted by atomic mass is 9.80. The number of nitrogens with zero attached hydrogens (tertiary/aromatic N) is 1. The number of piperidine rings is 1. The highest BCUT2D eigenvalue weighted by molar-refractivity contribution is 5.82. The third kappa shape index (κ3) is 3.03. The van der Waals surface area contributed by atoms with Crippen molar-refractivity contribution >= 4 is 5.91 Å². The van der Waals surface area contributed by atoms with Crippen LogP contribution in [0.5, 0.6) is 5.75 Å². The average molecular weight is 329 g/mol. The van der Waals surface area contributed by atoms with Gasteiger partial charge in [0.1, 0.15) is 11.4 Å². The minimum Gasteiger partial charge on any atom is -0.487 e. The van der Waals surface area contributed by atoms with Crippen molar-refractivity contribution in [3.05, 3.63) is 29.8 Å². The Labute approximate surface area is 143 Å². The SMILES string of the molecule is CN1CCC2(CC1)CC(NC(=O)C1CCCN1)c1ccccc1O2. The Morgan fingerprint density at radius 1 is 1.33 bits per heavy atom. The molecule has 3 heterocycles. The molecule has 24 heavy (non-hydrogen) atoms. The zero-order chi connectivity index (χ0) is 16.6. The lowest BCUT2D eigenvalue weighted by Gasteiger charge is -2.46. The Morgan fingerprint density at radius 2 is 2.12 bits per heavy atom. The van der Waals surface area contributed by atoms with E-state index in [0.717, 1.165) is 63.1 Å². The van der Waals surface area contributed by atoms with E-state index in [9.17, 15) is 4.79 Å². The van der Waals surface area contributed by atoms with Crippen LogP contribution in [0.25, 0.3) is 0 Å². The lowest BCUT2D eigenvalue weighted by Crippen LogP contribution is -2.52. The highest BCUT2D eigenvalue weighted by Gasteiger charge is 2.43. The van der Waals surface area contributed by atoms with Gasteiger partial charge in [-0.05, 0) is 45.3 Å². The molecule has 0 aliphatic carbocycles. The van der Waals surface area contributed by atoms with Crippen molar-refractivity contribution in [3.8, 4) is 5.75 Å². The minimum absolute atomic E-state index is 0.0338. The molecular formula is C19H27N3O2. The Balaban J connectivity index is 1.56. The molecule has 3 aliphatic rings. The van der Waals surface area contributed by atoms with Crippen molar-refractivity contribution in [2.75, 3.05) is 26.7 Å². The third-order valence-electron chi connectivity index (χ3n) is 5.79. The molecular weight excluding hydrogens is 302 g/mol. The van der Waals surface area contributed by atoms with Crippen LogP contribution in [0, 0.1) is 0 Å². The molecule has 1 aromatic carbocycles. The second kappa shape index (κ2) is 6.37. The van der Waals surface area contributed by atoms with Gasteiger partial charge in [0.05, 0.1) is 12.1 Å². The first kappa shape index (κ1) is 15.9. The zero-order valence-electron chi connectivity index (χ0n) is 14.4. The molecule has 2 fully saturated rings. The third-order valence-corrected chi connectivity index (χ3v) is 5.79. The fraction of sp³-hybridized carbons (Fsp3) is 0.632. The maximum Gasteiger partial charge on any atom is 0.237 e. The number of carbonyl (C=O) groups excluding carboxylic acids is 1. The molecule has 4 rings (SSSR count). The van der Waals surface area contributed by atoms with Crippen LogP contribution < -0.4 is 15.4 Å². The van der Waals surface area contributed by atoms with E-state index in [4.69, 9.17) is 4.74 Å². The molecule has 2 unspecified atom stereocenters. The number of fused-ring (bicyclic) bond motifs is 1. The van der Waals surface area contributed by atoms with Crippen LogP contribution in [0.4, 0.5) is 0 Å². The van der Waals surface area contributed by atoms with Crippen LogP contribution in [0.15, 0.2) is 24.3 Å². The zero-order valence-corrected chi connectivity index (χ0v) is 14.4. The number of nitrogens with one attached hydrogen (secondary N) is 2. The maximum absolute atomic E-state index is 12.6. The highest BCUT2D eigenvalue weighted by Crippen LogP contribution is 2.44. The average Bonchev–Trinajstić information content (AvgIpc) is 3.13. The first-order valence-corrected chi connectivity index (χ1v) is 9.15. The second-order valence-corrected chi connectivity index (χ2v) is 7.54. The van der Waals surface area contributed by atoms with E-state index in [1.165, 1.54) is 0 Å². The number of likely N-dealkylation sites (tertiary alicyclic amines) is 1. The van der Waals surface area contributed by atoms with Gasteiger partial charge in [0.15, 0.2) is 0 Å². The lowest BCUT2D eigenvalue weighted by molar-refractivity contribution is -0.124. The molecule has 1 spiro atoms. The molecule has 0 bridgehead atoms. The fourth-order valence-electron chi connectivity index (χ4n) is 4.26. The number of hydrogen-bond donors (Lipinski definition) is 2. The molecule has 2 N–H and O–H groups in total. The normalized spacial score (nSPS) is 29.0. The Kier molecular flexibility index (Phi) is 4.22. The van der Waals surface area contributed by atoms with E-state index in [1.807, 2.05) is 18.2 Å². The van der Waals surface area contributed by atoms with Gasteiger partial charge < -0.3 is 20.3 Å². The number of hydrogen-bond acceptors (Lipinski definition) is 4. The van der Waals surface area contributed by atoms with Gasteiger partial charge in [0.25, 0.3) is 0 Å². The number of rotatable bonds is 2. The van der Waals surface area contributed by atoms with E-state index in [0.29, 0.717) is 0 Å². The Hall–Kier alpha value is -1.59. The van der Waals surface area contributed by atoms with Gasteiger partial charge in [0.2, 0.25) is 5.91 Å². The van der Waals surface area contributed by atoms with Crippen LogP contribution in [-0.4, -0.2) is 49.1 Å². The van der Waals surface area contributed by atoms with E-state index < -0.39 is 0 Å². The Bertz CT molecular complexity index is 604. The molecule has 0 saturated carbocycles. The van der Waals surface area contributed by atoms with Gasteiger partial charge in [-0.3, -0.25) is 4.79 Å². The monoisotopic (exact) mass is 329 g/mol. The molecule has 5 heteroatoms. The maximum atomic E-state index is 12.6. The molecule has 130 valence electrons. The fourth-order valence-corrected chi connectivity index (χ4v) is 4.26. The van der Waals surface area contributed by atoms with E-state index >= 15 is 0 Å². The quantitative estimate of drug-likeness (QED) is 0.869. The topological polar surface area (TPSA) is 53.6 Å². The van der Waals surface area contributed by atoms with Crippen LogP contribution in [0.1, 0.15) is 43.7 Å². The molecule has 5 nitrogen and oxygen atoms in total. The molecule has 0 aromatic heterocycles. The van der Waals surface area contributed by atoms with Gasteiger partial charge >= 0.3 is 0 Å². The van der Waals surface area contributed by atoms with Crippen LogP contribution in [0.3, 0.4) is 0 Å². The van der Waals surface area contributed by atoms with Gasteiger partial charge in [0, 0.05) is 25.1 Å². The summed E-state index contributed by atoms with van der Waals surface area (Å²) in [5.74, 6) is 1.08. The summed E-state index contributed by atoms with van der Waals surface area (Å²) in [6.07, 6.45) is 4.93. The predicted molar refractivity (Wildman–Crippen MR) is 93.1 cm³/mol. The summed E-state index contributed by atoms with van der Waals surface area (Å²) in [5.41, 5.74) is 0.982. The van der Waals surface area contributed by atoms with E-state index in [2.05, 4.69) is 28.6 Å². The van der Waals surface area contributed by atoms with Gasteiger partial charge in [-0.15, -0.1) is 0 Å². The molecule has 2 saturated heterocycles. The summed E-state index contributed by atoms with van der Waals surface area (Å²) in [5, 5.41) is 6.60. The van der Waals surface area contributed by atoms with Crippen molar-refractivity contribution in [3.63, 3.8) is 0 Å². The van der Waals surface area contributed by atoms with Crippen molar-refractivity contribution < 1.29 is 9.53 Å². The second-order valence-electron chi connectivity index (χ2n) is 7.54. The largest absolute Gasteiger partial charge is 0.487 e. The van der Waals surface area contributed by atoms with Crippen LogP contribution in [-0.2, 0) is 4.79 Å². The molecule has 3 aliphatic heterocycles. The van der Waals surface area contributed by atoms with Gasteiger partial charge in [-0.25, -0.2) is 0 Å². The standard InChI is InChI=1S/C19H27N3O2/c1-22-11-8-19(9-12-22)13-16(14-5-2-3-7-17(14)24-19)21-18(23)15-6-4-10-20-15/h2-3,5,7,15-16,20H,4,6,8-13H2,1H3,(H,21,23). The van der Waals surface area contributed by atoms with Crippen molar-refractivity contribution in [2.24, 2.45) is 0 Å². The number of benzene rings is 1. The van der Waals surface area contributed by atoms with Crippen LogP contribution >= 0.6 is 0 Å². The van der Waals surface area contributed by atoms with Gasteiger partial charge in [-0.1, -0.05) is 18.2 Å². The summed E-state index contributed by atoms with van der Waals surface area (Å²) < 4.78 is 6.45. The van der Waals surface area contributed by atoms with E-state index in [-0.39, 0.29) is 23.6 Å². The molecule has 0 radical (unpaired) electrons. The number of amides is 1. The summed E-state index contributed by atoms with van der Waals surface area (Å²) in [6, 6.07) is 8.19. The molecule has 2 atom stereocenters. The van der Waals surface area contributed by atoms with Crippen molar-refractivity contribution in [1.82, 2.24) is 15.5 Å². The van der Waals surface area contributed by atoms with E-state index in [1.54, 1.807) is 0 Å². The molecule has 1 aromatic rings. The smallest absolute Gasteiger partial charge is 0.237 e. The van der Waals surface area contributed by atoms with Crippen molar-refractivity contribution in [2.45, 2.75) is 49.8 Å². The predicted octanol–water partition coefficient (Wildman–Crippen LogP) is 1.84. The first-order chi connectivity index (χ1) is 11.7.